The van der Waals surface area contributed by atoms with E-state index in [9.17, 15) is 24.5 Å². The molecule has 30 heavy (non-hydrogen) atoms. The Balaban J connectivity index is 1.58. The van der Waals surface area contributed by atoms with Crippen molar-refractivity contribution in [2.24, 2.45) is 17.8 Å². The van der Waals surface area contributed by atoms with Crippen molar-refractivity contribution >= 4 is 34.1 Å². The lowest BCUT2D eigenvalue weighted by molar-refractivity contribution is -0.490. The lowest BCUT2D eigenvalue weighted by atomic mass is 9.88. The lowest BCUT2D eigenvalue weighted by Gasteiger charge is -2.18. The fourth-order valence-electron chi connectivity index (χ4n) is 3.99. The summed E-state index contributed by atoms with van der Waals surface area (Å²) in [6.07, 6.45) is -1.10. The van der Waals surface area contributed by atoms with E-state index in [0.717, 1.165) is 10.8 Å². The monoisotopic (exact) mass is 412 g/mol. The Labute approximate surface area is 173 Å². The second-order valence-corrected chi connectivity index (χ2v) is 7.82. The number of hydrogen-bond donors (Lipinski definition) is 1. The van der Waals surface area contributed by atoms with E-state index in [1.165, 1.54) is 6.92 Å². The van der Waals surface area contributed by atoms with Gasteiger partial charge < -0.3 is 10.1 Å². The molecule has 8 heteroatoms. The summed E-state index contributed by atoms with van der Waals surface area (Å²) in [5.74, 6) is -2.77. The highest BCUT2D eigenvalue weighted by Crippen LogP contribution is 2.36. The number of benzene rings is 2. The molecule has 0 aromatic heterocycles. The van der Waals surface area contributed by atoms with Crippen molar-refractivity contribution in [1.82, 2.24) is 0 Å². The largest absolute Gasteiger partial charge is 0.453 e. The maximum absolute atomic E-state index is 12.4. The van der Waals surface area contributed by atoms with Crippen LogP contribution in [0.5, 0.6) is 0 Å². The van der Waals surface area contributed by atoms with Gasteiger partial charge in [0.1, 0.15) is 5.78 Å². The summed E-state index contributed by atoms with van der Waals surface area (Å²) < 4.78 is 5.20. The molecule has 4 atom stereocenters. The first-order valence-electron chi connectivity index (χ1n) is 9.88. The van der Waals surface area contributed by atoms with Crippen molar-refractivity contribution in [3.05, 3.63) is 52.6 Å². The molecule has 1 aliphatic rings. The van der Waals surface area contributed by atoms with Gasteiger partial charge in [-0.05, 0) is 35.7 Å². The summed E-state index contributed by atoms with van der Waals surface area (Å²) in [5, 5.41) is 15.6. The zero-order valence-electron chi connectivity index (χ0n) is 16.9. The summed E-state index contributed by atoms with van der Waals surface area (Å²) >= 11 is 0. The van der Waals surface area contributed by atoms with Crippen LogP contribution in [0, 0.1) is 27.9 Å². The number of carbonyl (C=O) groups excluding carboxylic acids is 3. The Bertz CT molecular complexity index is 989. The molecule has 1 N–H and O–H groups in total. The molecule has 3 rings (SSSR count). The molecule has 2 aromatic carbocycles. The molecular weight excluding hydrogens is 388 g/mol. The Hall–Kier alpha value is -3.29. The van der Waals surface area contributed by atoms with Gasteiger partial charge in [0, 0.05) is 28.9 Å². The quantitative estimate of drug-likeness (QED) is 0.424. The normalized spacial score (nSPS) is 21.9. The van der Waals surface area contributed by atoms with Crippen molar-refractivity contribution in [3.8, 4) is 0 Å². The standard InChI is InChI=1S/C22H24N2O6/c1-13-9-20(25)18(19(13)12-24(28)29)11-21(26)30-14(2)22(27)23-17-8-7-15-5-3-4-6-16(15)10-17/h3-8,10,13-14,18-19H,9,11-12H2,1-2H3,(H,23,27)/t13-,14-,18+,19+/m0/s1. The second-order valence-electron chi connectivity index (χ2n) is 7.82. The molecule has 0 heterocycles. The number of ketones is 1. The van der Waals surface area contributed by atoms with Crippen LogP contribution in [0.1, 0.15) is 26.7 Å². The number of nitrogens with zero attached hydrogens (tertiary/aromatic N) is 1. The maximum atomic E-state index is 12.4. The Kier molecular flexibility index (Phi) is 6.44. The Morgan fingerprint density at radius 1 is 1.23 bits per heavy atom. The van der Waals surface area contributed by atoms with Crippen LogP contribution >= 0.6 is 0 Å². The van der Waals surface area contributed by atoms with E-state index in [2.05, 4.69) is 5.32 Å². The molecule has 0 saturated heterocycles. The summed E-state index contributed by atoms with van der Waals surface area (Å²) in [6.45, 7) is 2.86. The predicted octanol–water partition coefficient (Wildman–Crippen LogP) is 3.22. The van der Waals surface area contributed by atoms with Crippen LogP contribution in [0.15, 0.2) is 42.5 Å². The van der Waals surface area contributed by atoms with Crippen LogP contribution in [0.3, 0.4) is 0 Å². The molecule has 0 unspecified atom stereocenters. The topological polar surface area (TPSA) is 116 Å². The highest BCUT2D eigenvalue weighted by atomic mass is 16.6. The number of rotatable bonds is 7. The van der Waals surface area contributed by atoms with E-state index in [1.54, 1.807) is 13.0 Å². The molecule has 0 radical (unpaired) electrons. The minimum absolute atomic E-state index is 0.158. The number of esters is 1. The fraction of sp³-hybridized carbons (Fsp3) is 0.409. The minimum Gasteiger partial charge on any atom is -0.453 e. The molecule has 2 aromatic rings. The van der Waals surface area contributed by atoms with Gasteiger partial charge in [0.15, 0.2) is 6.10 Å². The summed E-state index contributed by atoms with van der Waals surface area (Å²) in [7, 11) is 0. The van der Waals surface area contributed by atoms with Crippen molar-refractivity contribution < 1.29 is 24.0 Å². The van der Waals surface area contributed by atoms with Gasteiger partial charge >= 0.3 is 5.97 Å². The fourth-order valence-corrected chi connectivity index (χ4v) is 3.99. The van der Waals surface area contributed by atoms with Crippen LogP contribution in [-0.4, -0.2) is 35.2 Å². The van der Waals surface area contributed by atoms with E-state index in [1.807, 2.05) is 36.4 Å². The van der Waals surface area contributed by atoms with Gasteiger partial charge in [-0.25, -0.2) is 0 Å². The van der Waals surface area contributed by atoms with Crippen LogP contribution in [-0.2, 0) is 19.1 Å². The van der Waals surface area contributed by atoms with Gasteiger partial charge in [-0.1, -0.05) is 37.3 Å². The van der Waals surface area contributed by atoms with Gasteiger partial charge in [-0.3, -0.25) is 24.5 Å². The van der Waals surface area contributed by atoms with E-state index in [4.69, 9.17) is 4.74 Å². The number of nitrogens with one attached hydrogen (secondary N) is 1. The Morgan fingerprint density at radius 3 is 2.63 bits per heavy atom. The third-order valence-electron chi connectivity index (χ3n) is 5.63. The number of carbonyl (C=O) groups is 3. The number of amides is 1. The summed E-state index contributed by atoms with van der Waals surface area (Å²) in [5.41, 5.74) is 0.576. The van der Waals surface area contributed by atoms with Gasteiger partial charge in [0.25, 0.3) is 5.91 Å². The molecule has 1 amide bonds. The number of Topliss-reactive ketones (excluding diaryl/α,β-unsaturated/α-hetero) is 1. The SMILES string of the molecule is C[C@H](OC(=O)C[C@H]1C(=O)C[C@H](C)[C@H]1C[N+](=O)[O-])C(=O)Nc1ccc2ccccc2c1. The second kappa shape index (κ2) is 9.02. The predicted molar refractivity (Wildman–Crippen MR) is 110 cm³/mol. The Morgan fingerprint density at radius 2 is 1.93 bits per heavy atom. The maximum Gasteiger partial charge on any atom is 0.307 e. The molecule has 8 nitrogen and oxygen atoms in total. The van der Waals surface area contributed by atoms with Gasteiger partial charge in [0.2, 0.25) is 6.54 Å². The van der Waals surface area contributed by atoms with Crippen LogP contribution in [0.25, 0.3) is 10.8 Å². The molecular formula is C22H24N2O6. The molecule has 158 valence electrons. The van der Waals surface area contributed by atoms with Crippen LogP contribution in [0.2, 0.25) is 0 Å². The third-order valence-corrected chi connectivity index (χ3v) is 5.63. The highest BCUT2D eigenvalue weighted by molar-refractivity contribution is 5.97. The molecule has 1 saturated carbocycles. The van der Waals surface area contributed by atoms with Gasteiger partial charge in [-0.2, -0.15) is 0 Å². The number of anilines is 1. The lowest BCUT2D eigenvalue weighted by Crippen LogP contribution is -2.32. The average molecular weight is 412 g/mol. The van der Waals surface area contributed by atoms with E-state index < -0.39 is 34.7 Å². The van der Waals surface area contributed by atoms with Crippen molar-refractivity contribution in [1.29, 1.82) is 0 Å². The van der Waals surface area contributed by atoms with E-state index >= 15 is 0 Å². The number of hydrogen-bond acceptors (Lipinski definition) is 6. The molecule has 0 aliphatic heterocycles. The van der Waals surface area contributed by atoms with Crippen LogP contribution in [0.4, 0.5) is 5.69 Å². The average Bonchev–Trinajstić information content (AvgIpc) is 2.94. The van der Waals surface area contributed by atoms with E-state index in [-0.39, 0.29) is 31.1 Å². The third kappa shape index (κ3) is 5.00. The first-order valence-corrected chi connectivity index (χ1v) is 9.88. The zero-order valence-corrected chi connectivity index (χ0v) is 16.9. The zero-order chi connectivity index (χ0) is 21.8. The van der Waals surface area contributed by atoms with Crippen molar-refractivity contribution in [3.63, 3.8) is 0 Å². The highest BCUT2D eigenvalue weighted by Gasteiger charge is 2.44. The van der Waals surface area contributed by atoms with Crippen molar-refractivity contribution in [2.45, 2.75) is 32.8 Å². The summed E-state index contributed by atoms with van der Waals surface area (Å²) in [4.78, 5) is 47.3. The van der Waals surface area contributed by atoms with Crippen LogP contribution < -0.4 is 5.32 Å². The van der Waals surface area contributed by atoms with Crippen molar-refractivity contribution in [2.75, 3.05) is 11.9 Å². The molecule has 0 spiro atoms. The first kappa shape index (κ1) is 21.4. The smallest absolute Gasteiger partial charge is 0.307 e. The first-order chi connectivity index (χ1) is 14.2. The van der Waals surface area contributed by atoms with E-state index in [0.29, 0.717) is 5.69 Å². The van der Waals surface area contributed by atoms with Gasteiger partial charge in [-0.15, -0.1) is 0 Å². The molecule has 0 bridgehead atoms. The number of ether oxygens (including phenoxy) is 1. The molecule has 1 aliphatic carbocycles. The minimum atomic E-state index is -1.06. The van der Waals surface area contributed by atoms with Gasteiger partial charge in [0.05, 0.1) is 6.42 Å². The molecule has 1 fully saturated rings. The number of fused-ring (bicyclic) bond motifs is 1. The summed E-state index contributed by atoms with van der Waals surface area (Å²) in [6, 6.07) is 13.2. The number of nitro groups is 1.